The predicted molar refractivity (Wildman–Crippen MR) is 45.6 cm³/mol. The number of nitrogens with zero attached hydrogens (tertiary/aromatic N) is 3. The molecule has 1 heterocycles. The summed E-state index contributed by atoms with van der Waals surface area (Å²) in [5, 5.41) is 6.53. The van der Waals surface area contributed by atoms with Crippen LogP contribution in [0.2, 0.25) is 0 Å². The van der Waals surface area contributed by atoms with Crippen LogP contribution in [0.15, 0.2) is 6.20 Å². The first kappa shape index (κ1) is 11.3. The van der Waals surface area contributed by atoms with Crippen molar-refractivity contribution in [1.82, 2.24) is 15.0 Å². The number of rotatable bonds is 1. The maximum atomic E-state index is 13.2. The molecule has 0 aliphatic heterocycles. The van der Waals surface area contributed by atoms with Gasteiger partial charge < -0.3 is 5.73 Å². The summed E-state index contributed by atoms with van der Waals surface area (Å²) in [4.78, 5) is 0.228. The molecule has 4 nitrogen and oxygen atoms in total. The molecule has 2 aromatic rings. The van der Waals surface area contributed by atoms with Gasteiger partial charge in [-0.2, -0.15) is 5.10 Å². The van der Waals surface area contributed by atoms with Gasteiger partial charge in [0.05, 0.1) is 6.20 Å². The molecule has 0 unspecified atom stereocenters. The quantitative estimate of drug-likeness (QED) is 0.474. The molecular formula is C8H3F5N4. The van der Waals surface area contributed by atoms with Gasteiger partial charge in [0, 0.05) is 0 Å². The van der Waals surface area contributed by atoms with Gasteiger partial charge in [0.2, 0.25) is 5.82 Å². The Bertz CT molecular complexity index is 565. The number of aromatic nitrogens is 3. The molecule has 1 aromatic carbocycles. The molecule has 0 aliphatic carbocycles. The summed E-state index contributed by atoms with van der Waals surface area (Å²) in [6.07, 6.45) is 0.901. The van der Waals surface area contributed by atoms with Gasteiger partial charge in [0.25, 0.3) is 0 Å². The van der Waals surface area contributed by atoms with Crippen molar-refractivity contribution in [2.24, 2.45) is 0 Å². The molecule has 2 N–H and O–H groups in total. The summed E-state index contributed by atoms with van der Waals surface area (Å²) in [6.45, 7) is 0. The number of hydrogen-bond donors (Lipinski definition) is 1. The molecule has 0 saturated heterocycles. The second-order valence-electron chi connectivity index (χ2n) is 2.98. The van der Waals surface area contributed by atoms with Crippen LogP contribution in [0.5, 0.6) is 0 Å². The van der Waals surface area contributed by atoms with Crippen LogP contribution >= 0.6 is 0 Å². The molecule has 0 aliphatic rings. The molecule has 0 spiro atoms. The molecule has 0 atom stereocenters. The van der Waals surface area contributed by atoms with Crippen molar-refractivity contribution in [1.29, 1.82) is 0 Å². The van der Waals surface area contributed by atoms with E-state index in [0.717, 1.165) is 6.20 Å². The maximum Gasteiger partial charge on any atom is 0.200 e. The van der Waals surface area contributed by atoms with Crippen LogP contribution in [0, 0.1) is 29.1 Å². The maximum absolute atomic E-state index is 13.2. The molecule has 0 bridgehead atoms. The Hall–Kier alpha value is -2.19. The van der Waals surface area contributed by atoms with E-state index in [1.54, 1.807) is 0 Å². The number of nitrogens with two attached hydrogens (primary N) is 1. The largest absolute Gasteiger partial charge is 0.381 e. The summed E-state index contributed by atoms with van der Waals surface area (Å²) >= 11 is 0. The second-order valence-corrected chi connectivity index (χ2v) is 2.98. The SMILES string of the molecule is Nc1cnn(-c2c(F)c(F)c(F)c(F)c2F)n1. The Labute approximate surface area is 90.5 Å². The monoisotopic (exact) mass is 250 g/mol. The minimum atomic E-state index is -2.25. The highest BCUT2D eigenvalue weighted by Gasteiger charge is 2.27. The number of anilines is 1. The summed E-state index contributed by atoms with van der Waals surface area (Å²) < 4.78 is 64.9. The van der Waals surface area contributed by atoms with Crippen LogP contribution < -0.4 is 5.73 Å². The zero-order valence-corrected chi connectivity index (χ0v) is 7.89. The highest BCUT2D eigenvalue weighted by molar-refractivity contribution is 5.37. The van der Waals surface area contributed by atoms with E-state index < -0.39 is 34.8 Å². The van der Waals surface area contributed by atoms with Crippen molar-refractivity contribution in [3.63, 3.8) is 0 Å². The average molecular weight is 250 g/mol. The van der Waals surface area contributed by atoms with Crippen molar-refractivity contribution in [3.05, 3.63) is 35.3 Å². The fourth-order valence-corrected chi connectivity index (χ4v) is 1.15. The number of benzene rings is 1. The number of hydrogen-bond acceptors (Lipinski definition) is 3. The lowest BCUT2D eigenvalue weighted by atomic mass is 10.2. The molecule has 90 valence electrons. The third-order valence-electron chi connectivity index (χ3n) is 1.90. The number of nitrogen functional groups attached to an aromatic ring is 1. The minimum Gasteiger partial charge on any atom is -0.381 e. The van der Waals surface area contributed by atoms with Gasteiger partial charge in [-0.3, -0.25) is 0 Å². The van der Waals surface area contributed by atoms with Gasteiger partial charge in [-0.15, -0.1) is 9.90 Å². The normalized spacial score (nSPS) is 10.9. The van der Waals surface area contributed by atoms with E-state index in [9.17, 15) is 22.0 Å². The van der Waals surface area contributed by atoms with Gasteiger partial charge >= 0.3 is 0 Å². The van der Waals surface area contributed by atoms with Gasteiger partial charge in [-0.05, 0) is 0 Å². The van der Waals surface area contributed by atoms with Crippen molar-refractivity contribution < 1.29 is 22.0 Å². The van der Waals surface area contributed by atoms with Crippen LogP contribution in [-0.2, 0) is 0 Å². The topological polar surface area (TPSA) is 56.7 Å². The fourth-order valence-electron chi connectivity index (χ4n) is 1.15. The van der Waals surface area contributed by atoms with E-state index in [1.807, 2.05) is 0 Å². The van der Waals surface area contributed by atoms with E-state index in [4.69, 9.17) is 5.73 Å². The Kier molecular flexibility index (Phi) is 2.45. The Morgan fingerprint density at radius 2 is 1.35 bits per heavy atom. The van der Waals surface area contributed by atoms with Crippen LogP contribution in [0.1, 0.15) is 0 Å². The smallest absolute Gasteiger partial charge is 0.200 e. The highest BCUT2D eigenvalue weighted by Crippen LogP contribution is 2.25. The minimum absolute atomic E-state index is 0.228. The summed E-state index contributed by atoms with van der Waals surface area (Å²) in [6, 6.07) is 0. The molecule has 0 amide bonds. The highest BCUT2D eigenvalue weighted by atomic mass is 19.2. The summed E-state index contributed by atoms with van der Waals surface area (Å²) in [5.74, 6) is -10.7. The molecule has 17 heavy (non-hydrogen) atoms. The van der Waals surface area contributed by atoms with E-state index >= 15 is 0 Å². The van der Waals surface area contributed by atoms with E-state index in [0.29, 0.717) is 0 Å². The third kappa shape index (κ3) is 1.59. The number of halogens is 5. The molecule has 0 radical (unpaired) electrons. The van der Waals surface area contributed by atoms with Crippen LogP contribution in [0.4, 0.5) is 27.8 Å². The lowest BCUT2D eigenvalue weighted by molar-refractivity contribution is 0.371. The summed E-state index contributed by atoms with van der Waals surface area (Å²) in [7, 11) is 0. The first-order chi connectivity index (χ1) is 7.93. The fraction of sp³-hybridized carbons (Fsp3) is 0. The zero-order chi connectivity index (χ0) is 12.7. The standard InChI is InChI=1S/C8H3F5N4/c9-3-4(10)6(12)8(7(13)5(3)11)17-15-1-2(14)16-17/h1H,(H2,14,16). The Morgan fingerprint density at radius 1 is 0.882 bits per heavy atom. The van der Waals surface area contributed by atoms with E-state index in [2.05, 4.69) is 10.2 Å². The second kappa shape index (κ2) is 3.68. The molecule has 0 fully saturated rings. The van der Waals surface area contributed by atoms with E-state index in [1.165, 1.54) is 0 Å². The lowest BCUT2D eigenvalue weighted by Gasteiger charge is -2.06. The van der Waals surface area contributed by atoms with Gasteiger partial charge in [-0.1, -0.05) is 0 Å². The predicted octanol–water partition coefficient (Wildman–Crippen LogP) is 1.54. The average Bonchev–Trinajstić information content (AvgIpc) is 2.71. The Morgan fingerprint density at radius 3 is 1.76 bits per heavy atom. The van der Waals surface area contributed by atoms with Gasteiger partial charge in [0.15, 0.2) is 34.8 Å². The Balaban J connectivity index is 2.78. The molecule has 1 aromatic heterocycles. The van der Waals surface area contributed by atoms with Crippen molar-refractivity contribution >= 4 is 5.82 Å². The van der Waals surface area contributed by atoms with Crippen molar-refractivity contribution in [2.75, 3.05) is 5.73 Å². The van der Waals surface area contributed by atoms with Gasteiger partial charge in [-0.25, -0.2) is 22.0 Å². The van der Waals surface area contributed by atoms with Crippen LogP contribution in [0.3, 0.4) is 0 Å². The molecule has 0 saturated carbocycles. The van der Waals surface area contributed by atoms with Crippen molar-refractivity contribution in [3.8, 4) is 5.69 Å². The third-order valence-corrected chi connectivity index (χ3v) is 1.90. The zero-order valence-electron chi connectivity index (χ0n) is 7.89. The van der Waals surface area contributed by atoms with Crippen molar-refractivity contribution in [2.45, 2.75) is 0 Å². The lowest BCUT2D eigenvalue weighted by Crippen LogP contribution is -2.11. The van der Waals surface area contributed by atoms with Crippen LogP contribution in [-0.4, -0.2) is 15.0 Å². The van der Waals surface area contributed by atoms with Crippen LogP contribution in [0.25, 0.3) is 5.69 Å². The first-order valence-electron chi connectivity index (χ1n) is 4.13. The molecular weight excluding hydrogens is 247 g/mol. The first-order valence-corrected chi connectivity index (χ1v) is 4.13. The summed E-state index contributed by atoms with van der Waals surface area (Å²) in [5.41, 5.74) is 3.84. The van der Waals surface area contributed by atoms with Gasteiger partial charge in [0.1, 0.15) is 0 Å². The molecule has 9 heteroatoms. The molecule has 2 rings (SSSR count). The van der Waals surface area contributed by atoms with E-state index in [-0.39, 0.29) is 10.6 Å².